The Bertz CT molecular complexity index is 1550. The minimum atomic E-state index is -1.01. The second-order valence-electron chi connectivity index (χ2n) is 10.8. The summed E-state index contributed by atoms with van der Waals surface area (Å²) in [5, 5.41) is 22.1. The minimum Gasteiger partial charge on any atom is -0.507 e. The first kappa shape index (κ1) is 34.7. The molecule has 238 valence electrons. The predicted octanol–water partition coefficient (Wildman–Crippen LogP) is 5.32. The first-order valence-electron chi connectivity index (χ1n) is 15.1. The van der Waals surface area contributed by atoms with Crippen LogP contribution in [0.5, 0.6) is 17.4 Å². The Morgan fingerprint density at radius 1 is 1.16 bits per heavy atom. The van der Waals surface area contributed by atoms with E-state index in [1.54, 1.807) is 18.2 Å². The molecule has 1 heterocycles. The Morgan fingerprint density at radius 3 is 2.61 bits per heavy atom. The van der Waals surface area contributed by atoms with E-state index in [0.717, 1.165) is 45.3 Å². The molecular formula is C34H42O9S. The molecule has 0 saturated heterocycles. The number of carbonyl (C=O) groups is 2. The summed E-state index contributed by atoms with van der Waals surface area (Å²) in [4.78, 5) is 37.1. The van der Waals surface area contributed by atoms with Crippen molar-refractivity contribution >= 4 is 40.7 Å². The largest absolute Gasteiger partial charge is 0.516 e. The lowest BCUT2D eigenvalue weighted by Crippen LogP contribution is -2.45. The Labute approximate surface area is 262 Å². The van der Waals surface area contributed by atoms with Crippen molar-refractivity contribution in [1.82, 2.24) is 0 Å². The molecule has 3 rings (SSSR count). The highest BCUT2D eigenvalue weighted by Crippen LogP contribution is 2.33. The molecule has 44 heavy (non-hydrogen) atoms. The van der Waals surface area contributed by atoms with Gasteiger partial charge in [0, 0.05) is 22.8 Å². The molecule has 10 heteroatoms. The van der Waals surface area contributed by atoms with Crippen molar-refractivity contribution in [3.8, 4) is 17.4 Å². The van der Waals surface area contributed by atoms with Gasteiger partial charge in [-0.25, -0.2) is 4.79 Å². The maximum Gasteiger partial charge on any atom is 0.516 e. The molecule has 0 unspecified atom stereocenters. The second kappa shape index (κ2) is 16.9. The van der Waals surface area contributed by atoms with Crippen molar-refractivity contribution in [3.05, 3.63) is 62.3 Å². The van der Waals surface area contributed by atoms with Crippen LogP contribution in [0.15, 0.2) is 39.6 Å². The zero-order valence-corrected chi connectivity index (χ0v) is 26.7. The number of methoxy groups -OCH3 is 1. The Balaban J connectivity index is 1.76. The van der Waals surface area contributed by atoms with Crippen LogP contribution in [-0.2, 0) is 11.2 Å². The summed E-state index contributed by atoms with van der Waals surface area (Å²) in [6, 6.07) is 4.43. The van der Waals surface area contributed by atoms with Crippen molar-refractivity contribution in [2.45, 2.75) is 84.7 Å². The summed E-state index contributed by atoms with van der Waals surface area (Å²) in [6.07, 6.45) is 10.1. The number of aliphatic hydroxyl groups excluding tert-OH is 1. The van der Waals surface area contributed by atoms with E-state index in [2.05, 4.69) is 11.7 Å². The lowest BCUT2D eigenvalue weighted by atomic mass is 9.84. The maximum absolute atomic E-state index is 13.2. The number of phenolic OH excluding ortho intramolecular Hbond substituents is 1. The van der Waals surface area contributed by atoms with E-state index in [-0.39, 0.29) is 22.9 Å². The van der Waals surface area contributed by atoms with E-state index in [0.29, 0.717) is 64.8 Å². The van der Waals surface area contributed by atoms with Crippen LogP contribution in [0.2, 0.25) is 0 Å². The van der Waals surface area contributed by atoms with Gasteiger partial charge in [0.2, 0.25) is 0 Å². The van der Waals surface area contributed by atoms with Crippen LogP contribution in [0.25, 0.3) is 11.6 Å². The molecule has 0 amide bonds. The predicted molar refractivity (Wildman–Crippen MR) is 172 cm³/mol. The summed E-state index contributed by atoms with van der Waals surface area (Å²) in [7, 11) is 1.15. The third-order valence-corrected chi connectivity index (χ3v) is 7.70. The fourth-order valence-electron chi connectivity index (χ4n) is 5.23. The van der Waals surface area contributed by atoms with Crippen LogP contribution in [-0.4, -0.2) is 46.8 Å². The number of hydrogen-bond donors (Lipinski definition) is 2. The van der Waals surface area contributed by atoms with Gasteiger partial charge in [-0.05, 0) is 62.8 Å². The smallest absolute Gasteiger partial charge is 0.507 e. The molecule has 0 spiro atoms. The van der Waals surface area contributed by atoms with Gasteiger partial charge in [-0.2, -0.15) is 0 Å². The number of aromatic hydroxyl groups is 1. The number of unbranched alkanes of at least 4 members (excludes halogenated alkanes) is 3. The molecule has 9 nitrogen and oxygen atoms in total. The molecule has 0 aliphatic heterocycles. The number of hydrogen-bond acceptors (Lipinski definition) is 10. The van der Waals surface area contributed by atoms with Gasteiger partial charge in [0.25, 0.3) is 5.95 Å². The molecule has 2 aromatic rings. The van der Waals surface area contributed by atoms with E-state index in [1.807, 2.05) is 19.1 Å². The normalized spacial score (nSPS) is 14.1. The number of ether oxygens (including phenoxy) is 3. The van der Waals surface area contributed by atoms with Gasteiger partial charge < -0.3 is 28.8 Å². The lowest BCUT2D eigenvalue weighted by molar-refractivity contribution is 0.101. The van der Waals surface area contributed by atoms with Gasteiger partial charge in [0.1, 0.15) is 16.9 Å². The number of Topliss-reactive ketones (excluding diaryl/α,β-unsaturated/α-hetero) is 1. The summed E-state index contributed by atoms with van der Waals surface area (Å²) < 4.78 is 21.1. The number of phenols is 1. The quantitative estimate of drug-likeness (QED) is 0.0829. The fourth-order valence-corrected chi connectivity index (χ4v) is 5.49. The average Bonchev–Trinajstić information content (AvgIpc) is 2.98. The first-order chi connectivity index (χ1) is 21.1. The van der Waals surface area contributed by atoms with Gasteiger partial charge in [-0.3, -0.25) is 9.59 Å². The Hall–Kier alpha value is -3.76. The molecule has 0 radical (unpaired) electrons. The van der Waals surface area contributed by atoms with Crippen LogP contribution >= 0.6 is 12.2 Å². The molecule has 0 bridgehead atoms. The molecule has 0 fully saturated rings. The summed E-state index contributed by atoms with van der Waals surface area (Å²) in [5.74, 6) is -0.369. The number of aliphatic hydroxyl groups is 1. The van der Waals surface area contributed by atoms with E-state index >= 15 is 0 Å². The molecule has 2 N–H and O–H groups in total. The molecule has 1 aromatic carbocycles. The molecular weight excluding hydrogens is 584 g/mol. The molecule has 2 atom stereocenters. The lowest BCUT2D eigenvalue weighted by Gasteiger charge is -2.24. The van der Waals surface area contributed by atoms with E-state index < -0.39 is 23.6 Å². The summed E-state index contributed by atoms with van der Waals surface area (Å²) >= 11 is 5.50. The SMILES string of the molecule is CCCC[C@@H](O)[C@@H](/C=C\CCCCOc1ccc(C(C)=O)c(O)c1CCC)C1=c2c(=O)cc(OC(=O)OC)oc2=CC(=S)C1. The third kappa shape index (κ3) is 9.12. The van der Waals surface area contributed by atoms with Crippen molar-refractivity contribution in [2.24, 2.45) is 5.92 Å². The summed E-state index contributed by atoms with van der Waals surface area (Å²) in [5.41, 5.74) is 1.41. The van der Waals surface area contributed by atoms with Crippen molar-refractivity contribution in [2.75, 3.05) is 13.7 Å². The van der Waals surface area contributed by atoms with Crippen LogP contribution in [0.4, 0.5) is 4.79 Å². The highest BCUT2D eigenvalue weighted by atomic mass is 32.1. The van der Waals surface area contributed by atoms with E-state index in [1.165, 1.54) is 6.92 Å². The highest BCUT2D eigenvalue weighted by molar-refractivity contribution is 7.81. The van der Waals surface area contributed by atoms with E-state index in [4.69, 9.17) is 26.1 Å². The van der Waals surface area contributed by atoms with Gasteiger partial charge >= 0.3 is 6.16 Å². The number of rotatable bonds is 16. The number of thiocarbonyl (C=S) groups is 1. The second-order valence-corrected chi connectivity index (χ2v) is 11.3. The number of benzene rings is 1. The van der Waals surface area contributed by atoms with Crippen LogP contribution in [0.1, 0.15) is 88.1 Å². The topological polar surface area (TPSA) is 133 Å². The highest BCUT2D eigenvalue weighted by Gasteiger charge is 2.26. The number of ketones is 1. The van der Waals surface area contributed by atoms with Crippen molar-refractivity contribution < 1.29 is 38.4 Å². The molecule has 1 aliphatic carbocycles. The van der Waals surface area contributed by atoms with E-state index in [9.17, 15) is 24.6 Å². The minimum absolute atomic E-state index is 0.00687. The number of allylic oxidation sites excluding steroid dienone is 1. The number of fused-ring (bicyclic) bond motifs is 1. The zero-order chi connectivity index (χ0) is 32.2. The zero-order valence-electron chi connectivity index (χ0n) is 25.9. The summed E-state index contributed by atoms with van der Waals surface area (Å²) in [6.45, 7) is 5.92. The maximum atomic E-state index is 13.2. The molecule has 1 aliphatic rings. The van der Waals surface area contributed by atoms with Gasteiger partial charge in [0.15, 0.2) is 11.2 Å². The standard InChI is InChI=1S/C34H42O9S/c1-5-7-14-27(36)24(26-18-22(44)19-30-32(26)28(37)20-31(42-30)43-34(39)40-4)13-10-8-9-11-17-41-29-16-15-23(21(3)35)33(38)25(29)12-6-2/h10,13,15-16,19-20,24,27,36,38H,5-9,11-12,14,17-18H2,1-4H3/b13-10-/t24-,27+/m0/s1. The van der Waals surface area contributed by atoms with Crippen LogP contribution < -0.4 is 25.5 Å². The first-order valence-corrected chi connectivity index (χ1v) is 15.5. The molecule has 0 saturated carbocycles. The van der Waals surface area contributed by atoms with Crippen molar-refractivity contribution in [3.63, 3.8) is 0 Å². The van der Waals surface area contributed by atoms with Gasteiger partial charge in [-0.1, -0.05) is 57.5 Å². The number of carbonyl (C=O) groups excluding carboxylic acids is 2. The molecule has 1 aromatic heterocycles. The Kier molecular flexibility index (Phi) is 13.4. The fraction of sp³-hybridized carbons (Fsp3) is 0.471. The van der Waals surface area contributed by atoms with Gasteiger partial charge in [-0.15, -0.1) is 0 Å². The Morgan fingerprint density at radius 2 is 1.93 bits per heavy atom. The third-order valence-electron chi connectivity index (χ3n) is 7.44. The monoisotopic (exact) mass is 626 g/mol. The van der Waals surface area contributed by atoms with Gasteiger partial charge in [0.05, 0.1) is 36.7 Å². The van der Waals surface area contributed by atoms with Crippen LogP contribution in [0, 0.1) is 5.92 Å². The van der Waals surface area contributed by atoms with Crippen molar-refractivity contribution in [1.29, 1.82) is 0 Å². The average molecular weight is 627 g/mol. The van der Waals surface area contributed by atoms with Crippen LogP contribution in [0.3, 0.4) is 0 Å².